The van der Waals surface area contributed by atoms with E-state index in [1.54, 1.807) is 0 Å². The molecule has 0 amide bonds. The molecule has 0 aliphatic carbocycles. The normalized spacial score (nSPS) is 10.8. The second kappa shape index (κ2) is 4.50. The number of hydrogen-bond acceptors (Lipinski definition) is 7. The number of hydrogen-bond donors (Lipinski definition) is 1. The molecule has 0 saturated heterocycles. The fourth-order valence-corrected chi connectivity index (χ4v) is 2.02. The lowest BCUT2D eigenvalue weighted by Gasteiger charge is -2.02. The zero-order valence-corrected chi connectivity index (χ0v) is 10.0. The van der Waals surface area contributed by atoms with Crippen LogP contribution >= 0.6 is 11.3 Å². The van der Waals surface area contributed by atoms with Crippen LogP contribution in [0.4, 0.5) is 11.0 Å². The minimum Gasteiger partial charge on any atom is -0.398 e. The molecule has 8 heteroatoms. The third kappa shape index (κ3) is 2.59. The van der Waals surface area contributed by atoms with Gasteiger partial charge >= 0.3 is 5.88 Å². The number of nitro groups is 1. The Hall–Kier alpha value is -1.96. The predicted octanol–water partition coefficient (Wildman–Crippen LogP) is 2.53. The van der Waals surface area contributed by atoms with Crippen molar-refractivity contribution in [1.82, 2.24) is 10.2 Å². The van der Waals surface area contributed by atoms with Gasteiger partial charge in [-0.25, -0.2) is 0 Å². The first-order valence-corrected chi connectivity index (χ1v) is 5.72. The zero-order valence-electron chi connectivity index (χ0n) is 9.21. The van der Waals surface area contributed by atoms with Gasteiger partial charge in [-0.1, -0.05) is 11.3 Å². The summed E-state index contributed by atoms with van der Waals surface area (Å²) < 4.78 is 5.03. The molecule has 0 bridgehead atoms. The maximum absolute atomic E-state index is 10.5. The molecule has 2 aromatic heterocycles. The number of nitrogens with one attached hydrogen (secondary N) is 1. The Bertz CT molecular complexity index is 534. The van der Waals surface area contributed by atoms with E-state index in [2.05, 4.69) is 15.5 Å². The van der Waals surface area contributed by atoms with Crippen LogP contribution in [0, 0.1) is 10.1 Å². The topological polar surface area (TPSA) is 94.1 Å². The van der Waals surface area contributed by atoms with Crippen molar-refractivity contribution in [1.29, 1.82) is 0 Å². The van der Waals surface area contributed by atoms with E-state index in [0.717, 1.165) is 0 Å². The van der Waals surface area contributed by atoms with Gasteiger partial charge in [0.15, 0.2) is 10.8 Å². The van der Waals surface area contributed by atoms with Crippen LogP contribution in [0.25, 0.3) is 10.8 Å². The lowest BCUT2D eigenvalue weighted by Crippen LogP contribution is -2.08. The Morgan fingerprint density at radius 2 is 2.24 bits per heavy atom. The monoisotopic (exact) mass is 254 g/mol. The van der Waals surface area contributed by atoms with Crippen molar-refractivity contribution in [3.05, 3.63) is 22.2 Å². The van der Waals surface area contributed by atoms with Crippen LogP contribution in [-0.4, -0.2) is 21.2 Å². The van der Waals surface area contributed by atoms with Crippen LogP contribution in [-0.2, 0) is 0 Å². The minimum absolute atomic E-state index is 0.252. The van der Waals surface area contributed by atoms with Crippen molar-refractivity contribution >= 4 is 22.4 Å². The molecule has 17 heavy (non-hydrogen) atoms. The van der Waals surface area contributed by atoms with Crippen molar-refractivity contribution in [2.24, 2.45) is 0 Å². The van der Waals surface area contributed by atoms with Gasteiger partial charge in [-0.15, -0.1) is 10.2 Å². The van der Waals surface area contributed by atoms with E-state index in [1.165, 1.54) is 23.5 Å². The van der Waals surface area contributed by atoms with Crippen LogP contribution in [0.2, 0.25) is 0 Å². The van der Waals surface area contributed by atoms with E-state index >= 15 is 0 Å². The van der Waals surface area contributed by atoms with Gasteiger partial charge in [-0.3, -0.25) is 10.1 Å². The summed E-state index contributed by atoms with van der Waals surface area (Å²) in [6.07, 6.45) is 0. The summed E-state index contributed by atoms with van der Waals surface area (Å²) in [6, 6.07) is 3.06. The molecule has 1 N–H and O–H groups in total. The minimum atomic E-state index is -0.586. The van der Waals surface area contributed by atoms with Gasteiger partial charge < -0.3 is 9.73 Å². The van der Waals surface area contributed by atoms with Crippen LogP contribution in [0.1, 0.15) is 13.8 Å². The third-order valence-electron chi connectivity index (χ3n) is 1.82. The molecule has 2 rings (SSSR count). The van der Waals surface area contributed by atoms with Crippen LogP contribution in [0.15, 0.2) is 16.5 Å². The number of furan rings is 1. The molecule has 0 spiro atoms. The first-order valence-electron chi connectivity index (χ1n) is 4.91. The molecule has 0 unspecified atom stereocenters. The summed E-state index contributed by atoms with van der Waals surface area (Å²) in [5.74, 6) is 0.0552. The molecule has 0 aromatic carbocycles. The molecular formula is C9H10N4O3S. The molecular weight excluding hydrogens is 244 g/mol. The second-order valence-electron chi connectivity index (χ2n) is 3.61. The van der Waals surface area contributed by atoms with E-state index < -0.39 is 4.92 Å². The molecule has 2 heterocycles. The highest BCUT2D eigenvalue weighted by Crippen LogP contribution is 2.30. The van der Waals surface area contributed by atoms with Gasteiger partial charge in [0.05, 0.1) is 6.07 Å². The van der Waals surface area contributed by atoms with Crippen molar-refractivity contribution in [2.75, 3.05) is 5.32 Å². The molecule has 0 aliphatic rings. The third-order valence-corrected chi connectivity index (χ3v) is 2.69. The Labute approximate surface area is 101 Å². The first kappa shape index (κ1) is 11.5. The Morgan fingerprint density at radius 3 is 2.82 bits per heavy atom. The van der Waals surface area contributed by atoms with Crippen LogP contribution in [0.5, 0.6) is 0 Å². The van der Waals surface area contributed by atoms with Crippen LogP contribution in [0.3, 0.4) is 0 Å². The van der Waals surface area contributed by atoms with Gasteiger partial charge in [0.2, 0.25) is 5.13 Å². The maximum atomic E-state index is 10.5. The average Bonchev–Trinajstić information content (AvgIpc) is 2.83. The van der Waals surface area contributed by atoms with E-state index in [9.17, 15) is 10.1 Å². The van der Waals surface area contributed by atoms with E-state index in [4.69, 9.17) is 4.42 Å². The Balaban J connectivity index is 2.21. The van der Waals surface area contributed by atoms with E-state index in [0.29, 0.717) is 15.9 Å². The maximum Gasteiger partial charge on any atom is 0.433 e. The van der Waals surface area contributed by atoms with Crippen LogP contribution < -0.4 is 5.32 Å². The van der Waals surface area contributed by atoms with Gasteiger partial charge in [0.25, 0.3) is 0 Å². The quantitative estimate of drug-likeness (QED) is 0.665. The highest BCUT2D eigenvalue weighted by Gasteiger charge is 2.16. The molecule has 0 aliphatic heterocycles. The molecule has 0 atom stereocenters. The Morgan fingerprint density at radius 1 is 1.47 bits per heavy atom. The second-order valence-corrected chi connectivity index (χ2v) is 4.58. The van der Waals surface area contributed by atoms with Crippen molar-refractivity contribution in [3.63, 3.8) is 0 Å². The zero-order chi connectivity index (χ0) is 12.4. The number of nitrogens with zero attached hydrogens (tertiary/aromatic N) is 3. The lowest BCUT2D eigenvalue weighted by atomic mass is 10.4. The average molecular weight is 254 g/mol. The molecule has 0 fully saturated rings. The molecule has 0 saturated carbocycles. The predicted molar refractivity (Wildman–Crippen MR) is 63.0 cm³/mol. The summed E-state index contributed by atoms with van der Waals surface area (Å²) in [7, 11) is 0. The van der Waals surface area contributed by atoms with E-state index in [1.807, 2.05) is 13.8 Å². The van der Waals surface area contributed by atoms with Gasteiger partial charge in [-0.05, 0) is 19.9 Å². The summed E-state index contributed by atoms with van der Waals surface area (Å²) in [6.45, 7) is 3.97. The number of anilines is 1. The molecule has 90 valence electrons. The number of rotatable bonds is 4. The molecule has 2 aromatic rings. The van der Waals surface area contributed by atoms with Crippen molar-refractivity contribution < 1.29 is 9.34 Å². The lowest BCUT2D eigenvalue weighted by molar-refractivity contribution is -0.401. The standard InChI is InChI=1S/C9H10N4O3S/c1-5(2)10-9-12-11-8(17-9)6-3-4-7(16-6)13(14)15/h3-5H,1-2H3,(H,10,12). The molecule has 0 radical (unpaired) electrons. The van der Waals surface area contributed by atoms with Gasteiger partial charge in [0.1, 0.15) is 4.92 Å². The first-order chi connectivity index (χ1) is 8.06. The smallest absolute Gasteiger partial charge is 0.398 e. The fraction of sp³-hybridized carbons (Fsp3) is 0.333. The largest absolute Gasteiger partial charge is 0.433 e. The number of aromatic nitrogens is 2. The van der Waals surface area contributed by atoms with Gasteiger partial charge in [-0.2, -0.15) is 0 Å². The van der Waals surface area contributed by atoms with E-state index in [-0.39, 0.29) is 11.9 Å². The molecule has 7 nitrogen and oxygen atoms in total. The Kier molecular flexibility index (Phi) is 3.05. The van der Waals surface area contributed by atoms with Gasteiger partial charge in [0, 0.05) is 6.04 Å². The SMILES string of the molecule is CC(C)Nc1nnc(-c2ccc([N+](=O)[O-])o2)s1. The fourth-order valence-electron chi connectivity index (χ4n) is 1.17. The summed E-state index contributed by atoms with van der Waals surface area (Å²) in [4.78, 5) is 9.88. The highest BCUT2D eigenvalue weighted by molar-refractivity contribution is 7.18. The summed E-state index contributed by atoms with van der Waals surface area (Å²) >= 11 is 1.29. The van der Waals surface area contributed by atoms with Crippen molar-refractivity contribution in [3.8, 4) is 10.8 Å². The highest BCUT2D eigenvalue weighted by atomic mass is 32.1. The summed E-state index contributed by atoms with van der Waals surface area (Å²) in [5.41, 5.74) is 0. The summed E-state index contributed by atoms with van der Waals surface area (Å²) in [5, 5.41) is 22.5. The van der Waals surface area contributed by atoms with Crippen molar-refractivity contribution in [2.45, 2.75) is 19.9 Å².